The number of nitrogens with two attached hydrogens (primary N) is 1. The SMILES string of the molecule is CSCCCS(=O)(=O)c1ncccc1N. The van der Waals surface area contributed by atoms with Gasteiger partial charge >= 0.3 is 0 Å². The van der Waals surface area contributed by atoms with Crippen LogP contribution in [0, 0.1) is 0 Å². The van der Waals surface area contributed by atoms with Gasteiger partial charge in [0.2, 0.25) is 0 Å². The van der Waals surface area contributed by atoms with Gasteiger partial charge in [-0.1, -0.05) is 0 Å². The van der Waals surface area contributed by atoms with Gasteiger partial charge in [0.05, 0.1) is 11.4 Å². The molecule has 1 aromatic rings. The maximum absolute atomic E-state index is 11.8. The molecule has 1 aromatic heterocycles. The van der Waals surface area contributed by atoms with Crippen molar-refractivity contribution in [2.75, 3.05) is 23.5 Å². The molecule has 84 valence electrons. The smallest absolute Gasteiger partial charge is 0.197 e. The number of hydrogen-bond acceptors (Lipinski definition) is 5. The van der Waals surface area contributed by atoms with Crippen molar-refractivity contribution in [3.8, 4) is 0 Å². The third-order valence-corrected chi connectivity index (χ3v) is 4.31. The summed E-state index contributed by atoms with van der Waals surface area (Å²) in [5.74, 6) is 0.932. The number of anilines is 1. The Kier molecular flexibility index (Phi) is 4.41. The number of thioether (sulfide) groups is 1. The Hall–Kier alpha value is -0.750. The predicted molar refractivity (Wildman–Crippen MR) is 63.7 cm³/mol. The molecule has 0 unspecified atom stereocenters. The molecular weight excluding hydrogens is 232 g/mol. The Morgan fingerprint density at radius 2 is 2.27 bits per heavy atom. The summed E-state index contributed by atoms with van der Waals surface area (Å²) in [6.45, 7) is 0. The molecular formula is C9H14N2O2S2. The van der Waals surface area contributed by atoms with Crippen molar-refractivity contribution >= 4 is 27.3 Å². The minimum Gasteiger partial charge on any atom is -0.396 e. The monoisotopic (exact) mass is 246 g/mol. The number of rotatable bonds is 5. The maximum Gasteiger partial charge on any atom is 0.197 e. The van der Waals surface area contributed by atoms with E-state index in [1.807, 2.05) is 6.26 Å². The van der Waals surface area contributed by atoms with Crippen LogP contribution in [0.1, 0.15) is 6.42 Å². The second-order valence-corrected chi connectivity index (χ2v) is 6.07. The standard InChI is InChI=1S/C9H14N2O2S2/c1-14-6-3-7-15(12,13)9-8(10)4-2-5-11-9/h2,4-5H,3,6-7,10H2,1H3. The Balaban J connectivity index is 2.83. The molecule has 4 nitrogen and oxygen atoms in total. The van der Waals surface area contributed by atoms with E-state index in [0.717, 1.165) is 5.75 Å². The van der Waals surface area contributed by atoms with Crippen LogP contribution in [0.4, 0.5) is 5.69 Å². The second-order valence-electron chi connectivity index (χ2n) is 3.06. The molecule has 0 amide bonds. The van der Waals surface area contributed by atoms with Crippen molar-refractivity contribution in [1.82, 2.24) is 4.98 Å². The van der Waals surface area contributed by atoms with E-state index in [0.29, 0.717) is 6.42 Å². The minimum atomic E-state index is -3.31. The first-order valence-electron chi connectivity index (χ1n) is 4.50. The number of nitrogens with zero attached hydrogens (tertiary/aromatic N) is 1. The lowest BCUT2D eigenvalue weighted by atomic mass is 10.4. The molecule has 0 atom stereocenters. The highest BCUT2D eigenvalue weighted by atomic mass is 32.2. The van der Waals surface area contributed by atoms with E-state index in [1.54, 1.807) is 23.9 Å². The average molecular weight is 246 g/mol. The van der Waals surface area contributed by atoms with Crippen molar-refractivity contribution in [2.24, 2.45) is 0 Å². The number of hydrogen-bond donors (Lipinski definition) is 1. The highest BCUT2D eigenvalue weighted by molar-refractivity contribution is 7.98. The fourth-order valence-electron chi connectivity index (χ4n) is 1.15. The number of pyridine rings is 1. The maximum atomic E-state index is 11.8. The van der Waals surface area contributed by atoms with Gasteiger partial charge in [0.1, 0.15) is 0 Å². The number of sulfone groups is 1. The van der Waals surface area contributed by atoms with Gasteiger partial charge in [-0.25, -0.2) is 13.4 Å². The van der Waals surface area contributed by atoms with Crippen molar-refractivity contribution in [2.45, 2.75) is 11.4 Å². The van der Waals surface area contributed by atoms with E-state index in [4.69, 9.17) is 5.73 Å². The van der Waals surface area contributed by atoms with E-state index >= 15 is 0 Å². The summed E-state index contributed by atoms with van der Waals surface area (Å²) in [5.41, 5.74) is 5.79. The van der Waals surface area contributed by atoms with Gasteiger partial charge in [0.25, 0.3) is 0 Å². The van der Waals surface area contributed by atoms with Crippen LogP contribution >= 0.6 is 11.8 Å². The lowest BCUT2D eigenvalue weighted by molar-refractivity contribution is 0.591. The van der Waals surface area contributed by atoms with Gasteiger partial charge in [0, 0.05) is 6.20 Å². The molecule has 0 spiro atoms. The molecule has 0 aromatic carbocycles. The third kappa shape index (κ3) is 3.39. The molecule has 6 heteroatoms. The molecule has 0 saturated heterocycles. The van der Waals surface area contributed by atoms with E-state index in [9.17, 15) is 8.42 Å². The molecule has 0 aliphatic heterocycles. The van der Waals surface area contributed by atoms with E-state index in [2.05, 4.69) is 4.98 Å². The van der Waals surface area contributed by atoms with Gasteiger partial charge in [0.15, 0.2) is 14.9 Å². The highest BCUT2D eigenvalue weighted by Crippen LogP contribution is 2.16. The predicted octanol–water partition coefficient (Wildman–Crippen LogP) is 1.19. The summed E-state index contributed by atoms with van der Waals surface area (Å²) in [6.07, 6.45) is 4.01. The van der Waals surface area contributed by atoms with Crippen molar-refractivity contribution in [3.63, 3.8) is 0 Å². The summed E-state index contributed by atoms with van der Waals surface area (Å²) in [5, 5.41) is 0.00565. The third-order valence-electron chi connectivity index (χ3n) is 1.86. The van der Waals surface area contributed by atoms with Gasteiger partial charge in [-0.2, -0.15) is 11.8 Å². The molecule has 1 rings (SSSR count). The zero-order chi connectivity index (χ0) is 11.3. The van der Waals surface area contributed by atoms with Gasteiger partial charge in [-0.05, 0) is 30.6 Å². The molecule has 0 radical (unpaired) electrons. The normalized spacial score (nSPS) is 11.5. The van der Waals surface area contributed by atoms with Gasteiger partial charge in [-0.3, -0.25) is 0 Å². The Morgan fingerprint density at radius 1 is 1.53 bits per heavy atom. The van der Waals surface area contributed by atoms with Gasteiger partial charge in [-0.15, -0.1) is 0 Å². The lowest BCUT2D eigenvalue weighted by Crippen LogP contribution is -2.11. The van der Waals surface area contributed by atoms with Crippen LogP contribution in [-0.4, -0.2) is 31.2 Å². The van der Waals surface area contributed by atoms with Crippen LogP contribution in [0.25, 0.3) is 0 Å². The first-order chi connectivity index (χ1) is 7.08. The Labute approximate surface area is 94.2 Å². The van der Waals surface area contributed by atoms with E-state index in [1.165, 1.54) is 6.20 Å². The first kappa shape index (κ1) is 12.3. The van der Waals surface area contributed by atoms with Crippen molar-refractivity contribution in [3.05, 3.63) is 18.3 Å². The lowest BCUT2D eigenvalue weighted by Gasteiger charge is -2.05. The van der Waals surface area contributed by atoms with Crippen LogP contribution in [0.15, 0.2) is 23.4 Å². The summed E-state index contributed by atoms with van der Waals surface area (Å²) in [4.78, 5) is 3.81. The quantitative estimate of drug-likeness (QED) is 0.790. The largest absolute Gasteiger partial charge is 0.396 e. The molecule has 0 aliphatic rings. The molecule has 0 saturated carbocycles. The molecule has 2 N–H and O–H groups in total. The van der Waals surface area contributed by atoms with E-state index < -0.39 is 9.84 Å². The van der Waals surface area contributed by atoms with Crippen LogP contribution in [0.5, 0.6) is 0 Å². The minimum absolute atomic E-state index is 0.00565. The summed E-state index contributed by atoms with van der Waals surface area (Å²) in [7, 11) is -3.31. The molecule has 0 aliphatic carbocycles. The van der Waals surface area contributed by atoms with Crippen LogP contribution in [-0.2, 0) is 9.84 Å². The molecule has 0 bridgehead atoms. The zero-order valence-electron chi connectivity index (χ0n) is 8.51. The summed E-state index contributed by atoms with van der Waals surface area (Å²) < 4.78 is 23.6. The fraction of sp³-hybridized carbons (Fsp3) is 0.444. The van der Waals surface area contributed by atoms with Gasteiger partial charge < -0.3 is 5.73 Å². The molecule has 0 fully saturated rings. The van der Waals surface area contributed by atoms with Crippen molar-refractivity contribution in [1.29, 1.82) is 0 Å². The zero-order valence-corrected chi connectivity index (χ0v) is 10.1. The highest BCUT2D eigenvalue weighted by Gasteiger charge is 2.18. The topological polar surface area (TPSA) is 73.0 Å². The van der Waals surface area contributed by atoms with E-state index in [-0.39, 0.29) is 16.5 Å². The Bertz CT molecular complexity index is 418. The number of aromatic nitrogens is 1. The summed E-state index contributed by atoms with van der Waals surface area (Å²) in [6, 6.07) is 3.17. The Morgan fingerprint density at radius 3 is 2.87 bits per heavy atom. The first-order valence-corrected chi connectivity index (χ1v) is 7.54. The second kappa shape index (κ2) is 5.37. The number of nitrogen functional groups attached to an aromatic ring is 1. The molecule has 1 heterocycles. The van der Waals surface area contributed by atoms with Crippen molar-refractivity contribution < 1.29 is 8.42 Å². The summed E-state index contributed by atoms with van der Waals surface area (Å²) >= 11 is 1.63. The fourth-order valence-corrected chi connectivity index (χ4v) is 3.14. The molecule has 15 heavy (non-hydrogen) atoms. The van der Waals surface area contributed by atoms with Crippen LogP contribution < -0.4 is 5.73 Å². The van der Waals surface area contributed by atoms with Crippen LogP contribution in [0.2, 0.25) is 0 Å². The average Bonchev–Trinajstić information content (AvgIpc) is 2.18. The van der Waals surface area contributed by atoms with Crippen LogP contribution in [0.3, 0.4) is 0 Å².